The molecule has 0 amide bonds. The molecule has 2 bridgehead atoms. The third-order valence-corrected chi connectivity index (χ3v) is 4.78. The molecule has 2 heterocycles. The van der Waals surface area contributed by atoms with E-state index in [2.05, 4.69) is 34.9 Å². The van der Waals surface area contributed by atoms with E-state index in [0.717, 1.165) is 24.3 Å². The van der Waals surface area contributed by atoms with Crippen molar-refractivity contribution in [2.24, 2.45) is 0 Å². The van der Waals surface area contributed by atoms with Gasteiger partial charge in [-0.15, -0.1) is 24.8 Å². The molecule has 3 rings (SSSR count). The van der Waals surface area contributed by atoms with Gasteiger partial charge in [-0.1, -0.05) is 19.1 Å². The Morgan fingerprint density at radius 2 is 1.90 bits per heavy atom. The van der Waals surface area contributed by atoms with Gasteiger partial charge in [0.15, 0.2) is 0 Å². The van der Waals surface area contributed by atoms with E-state index in [1.807, 2.05) is 6.07 Å². The van der Waals surface area contributed by atoms with Crippen LogP contribution in [0.4, 0.5) is 5.69 Å². The van der Waals surface area contributed by atoms with E-state index >= 15 is 0 Å². The second-order valence-corrected chi connectivity index (χ2v) is 5.98. The molecule has 1 aromatic carbocycles. The Labute approximate surface area is 140 Å². The van der Waals surface area contributed by atoms with Gasteiger partial charge in [-0.3, -0.25) is 4.90 Å². The van der Waals surface area contributed by atoms with Crippen LogP contribution in [0.15, 0.2) is 24.3 Å². The number of nitrogens with two attached hydrogens (primary N) is 1. The molecule has 120 valence electrons. The molecule has 2 atom stereocenters. The number of likely N-dealkylation sites (tertiary alicyclic amines) is 1. The number of hydrogen-bond donors (Lipinski definition) is 1. The molecule has 0 saturated carbocycles. The van der Waals surface area contributed by atoms with Crippen molar-refractivity contribution in [3.8, 4) is 0 Å². The van der Waals surface area contributed by atoms with E-state index in [-0.39, 0.29) is 24.8 Å². The van der Waals surface area contributed by atoms with Gasteiger partial charge in [0, 0.05) is 30.9 Å². The quantitative estimate of drug-likeness (QED) is 0.863. The van der Waals surface area contributed by atoms with Crippen LogP contribution in [-0.2, 0) is 6.54 Å². The fourth-order valence-electron chi connectivity index (χ4n) is 3.69. The molecule has 2 aliphatic rings. The molecule has 21 heavy (non-hydrogen) atoms. The van der Waals surface area contributed by atoms with Crippen molar-refractivity contribution < 1.29 is 0 Å². The lowest BCUT2D eigenvalue weighted by molar-refractivity contribution is 0.179. The Bertz CT molecular complexity index is 441. The van der Waals surface area contributed by atoms with Crippen LogP contribution in [0.25, 0.3) is 0 Å². The summed E-state index contributed by atoms with van der Waals surface area (Å²) >= 11 is 0. The smallest absolute Gasteiger partial charge is 0.0317 e. The fourth-order valence-corrected chi connectivity index (χ4v) is 3.69. The average Bonchev–Trinajstić information content (AvgIpc) is 2.65. The summed E-state index contributed by atoms with van der Waals surface area (Å²) in [5, 5.41) is 0. The van der Waals surface area contributed by atoms with E-state index in [4.69, 9.17) is 5.73 Å². The van der Waals surface area contributed by atoms with Crippen LogP contribution >= 0.6 is 24.8 Å². The molecule has 2 aliphatic heterocycles. The first-order valence-electron chi connectivity index (χ1n) is 7.59. The predicted molar refractivity (Wildman–Crippen MR) is 94.4 cm³/mol. The summed E-state index contributed by atoms with van der Waals surface area (Å²) in [5.41, 5.74) is 8.14. The number of likely N-dealkylation sites (N-methyl/N-ethyl adjacent to an activating group) is 1. The zero-order valence-electron chi connectivity index (χ0n) is 12.7. The first-order valence-corrected chi connectivity index (χ1v) is 7.59. The number of anilines is 1. The summed E-state index contributed by atoms with van der Waals surface area (Å²) < 4.78 is 0. The van der Waals surface area contributed by atoms with Gasteiger partial charge in [0.1, 0.15) is 0 Å². The van der Waals surface area contributed by atoms with Crippen LogP contribution in [0.2, 0.25) is 0 Å². The maximum atomic E-state index is 5.90. The van der Waals surface area contributed by atoms with Crippen molar-refractivity contribution in [2.75, 3.05) is 25.4 Å². The largest absolute Gasteiger partial charge is 0.399 e. The highest BCUT2D eigenvalue weighted by atomic mass is 35.5. The van der Waals surface area contributed by atoms with Crippen molar-refractivity contribution in [2.45, 2.75) is 44.8 Å². The minimum absolute atomic E-state index is 0. The molecule has 5 heteroatoms. The highest BCUT2D eigenvalue weighted by molar-refractivity contribution is 5.85. The third kappa shape index (κ3) is 4.26. The topological polar surface area (TPSA) is 32.5 Å². The second-order valence-electron chi connectivity index (χ2n) is 5.98. The van der Waals surface area contributed by atoms with Crippen LogP contribution in [0.5, 0.6) is 0 Å². The summed E-state index contributed by atoms with van der Waals surface area (Å²) in [6, 6.07) is 9.90. The molecule has 3 nitrogen and oxygen atoms in total. The fraction of sp³-hybridized carbons (Fsp3) is 0.625. The molecule has 0 radical (unpaired) electrons. The highest BCUT2D eigenvalue weighted by Crippen LogP contribution is 2.31. The van der Waals surface area contributed by atoms with Crippen molar-refractivity contribution >= 4 is 30.5 Å². The SMILES string of the molecule is CCN1CCC2CCC(C1)N2Cc1cccc(N)c1.Cl.Cl. The van der Waals surface area contributed by atoms with Gasteiger partial charge in [-0.2, -0.15) is 0 Å². The van der Waals surface area contributed by atoms with E-state index in [0.29, 0.717) is 0 Å². The Morgan fingerprint density at radius 1 is 1.14 bits per heavy atom. The van der Waals surface area contributed by atoms with Crippen LogP contribution < -0.4 is 5.73 Å². The molecular weight excluding hydrogens is 305 g/mol. The lowest BCUT2D eigenvalue weighted by atomic mass is 10.1. The summed E-state index contributed by atoms with van der Waals surface area (Å²) in [6.45, 7) is 7.05. The van der Waals surface area contributed by atoms with Crippen molar-refractivity contribution in [3.05, 3.63) is 29.8 Å². The maximum Gasteiger partial charge on any atom is 0.0317 e. The third-order valence-electron chi connectivity index (χ3n) is 4.78. The normalized spacial score (nSPS) is 25.8. The molecule has 0 aromatic heterocycles. The number of halogens is 2. The number of fused-ring (bicyclic) bond motifs is 2. The number of rotatable bonds is 3. The molecular formula is C16H27Cl2N3. The van der Waals surface area contributed by atoms with Crippen LogP contribution in [0.3, 0.4) is 0 Å². The molecule has 2 N–H and O–H groups in total. The standard InChI is InChI=1S/C16H25N3.2ClH/c1-2-18-9-8-15-6-7-16(12-18)19(15)11-13-4-3-5-14(17)10-13;;/h3-5,10,15-16H,2,6-9,11-12,17H2,1H3;2*1H. The lowest BCUT2D eigenvalue weighted by Crippen LogP contribution is -2.38. The second kappa shape index (κ2) is 8.23. The average molecular weight is 332 g/mol. The minimum atomic E-state index is 0. The minimum Gasteiger partial charge on any atom is -0.399 e. The predicted octanol–water partition coefficient (Wildman–Crippen LogP) is 3.17. The zero-order chi connectivity index (χ0) is 13.2. The number of nitrogen functional groups attached to an aromatic ring is 1. The molecule has 2 saturated heterocycles. The summed E-state index contributed by atoms with van der Waals surface area (Å²) in [4.78, 5) is 5.33. The summed E-state index contributed by atoms with van der Waals surface area (Å²) in [7, 11) is 0. The molecule has 0 aliphatic carbocycles. The van der Waals surface area contributed by atoms with E-state index in [1.54, 1.807) is 0 Å². The van der Waals surface area contributed by atoms with E-state index in [1.165, 1.54) is 44.5 Å². The van der Waals surface area contributed by atoms with Gasteiger partial charge < -0.3 is 10.6 Å². The number of benzene rings is 1. The van der Waals surface area contributed by atoms with Crippen LogP contribution in [-0.4, -0.2) is 41.5 Å². The monoisotopic (exact) mass is 331 g/mol. The van der Waals surface area contributed by atoms with Gasteiger partial charge in [0.05, 0.1) is 0 Å². The molecule has 2 fully saturated rings. The zero-order valence-corrected chi connectivity index (χ0v) is 14.3. The first kappa shape index (κ1) is 18.6. The Balaban J connectivity index is 0.00000110. The maximum absolute atomic E-state index is 5.90. The van der Waals surface area contributed by atoms with E-state index in [9.17, 15) is 0 Å². The van der Waals surface area contributed by atoms with Crippen molar-refractivity contribution in [1.29, 1.82) is 0 Å². The van der Waals surface area contributed by atoms with Gasteiger partial charge in [-0.25, -0.2) is 0 Å². The lowest BCUT2D eigenvalue weighted by Gasteiger charge is -2.28. The number of nitrogens with zero attached hydrogens (tertiary/aromatic N) is 2. The Kier molecular flexibility index (Phi) is 7.28. The summed E-state index contributed by atoms with van der Waals surface area (Å²) in [6.07, 6.45) is 4.07. The van der Waals surface area contributed by atoms with E-state index < -0.39 is 0 Å². The Hall–Kier alpha value is -0.480. The number of hydrogen-bond acceptors (Lipinski definition) is 3. The van der Waals surface area contributed by atoms with Crippen LogP contribution in [0, 0.1) is 0 Å². The van der Waals surface area contributed by atoms with Gasteiger partial charge in [-0.05, 0) is 50.0 Å². The van der Waals surface area contributed by atoms with Gasteiger partial charge >= 0.3 is 0 Å². The van der Waals surface area contributed by atoms with Gasteiger partial charge in [0.2, 0.25) is 0 Å². The molecule has 0 spiro atoms. The summed E-state index contributed by atoms with van der Waals surface area (Å²) in [5.74, 6) is 0. The van der Waals surface area contributed by atoms with Gasteiger partial charge in [0.25, 0.3) is 0 Å². The molecule has 2 unspecified atom stereocenters. The molecule has 1 aromatic rings. The van der Waals surface area contributed by atoms with Crippen LogP contribution in [0.1, 0.15) is 31.7 Å². The Morgan fingerprint density at radius 3 is 2.62 bits per heavy atom. The first-order chi connectivity index (χ1) is 9.26. The highest BCUT2D eigenvalue weighted by Gasteiger charge is 2.36. The van der Waals surface area contributed by atoms with Crippen molar-refractivity contribution in [1.82, 2.24) is 9.80 Å². The van der Waals surface area contributed by atoms with Crippen molar-refractivity contribution in [3.63, 3.8) is 0 Å².